The standard InChI is InChI=1S/C13H17N5O4/c1-8(19)14-6-12(21)17-10-4-3-5-11(16-10)18-13(22)7-15-9(2)20/h3-5H,6-7H2,1-2H3,(H,14,19)(H,15,20)(H2,16,17,18,21,22). The molecule has 0 spiro atoms. The summed E-state index contributed by atoms with van der Waals surface area (Å²) < 4.78 is 0. The van der Waals surface area contributed by atoms with Crippen LogP contribution < -0.4 is 21.3 Å². The van der Waals surface area contributed by atoms with E-state index in [0.717, 1.165) is 0 Å². The average Bonchev–Trinajstić information content (AvgIpc) is 2.43. The average molecular weight is 307 g/mol. The molecule has 4 amide bonds. The van der Waals surface area contributed by atoms with Crippen LogP contribution in [0.3, 0.4) is 0 Å². The molecule has 0 aliphatic carbocycles. The van der Waals surface area contributed by atoms with Gasteiger partial charge < -0.3 is 21.3 Å². The van der Waals surface area contributed by atoms with Gasteiger partial charge in [0.05, 0.1) is 13.1 Å². The minimum absolute atomic E-state index is 0.171. The lowest BCUT2D eigenvalue weighted by atomic mass is 10.4. The van der Waals surface area contributed by atoms with Crippen LogP contribution in [0.25, 0.3) is 0 Å². The van der Waals surface area contributed by atoms with E-state index in [-0.39, 0.29) is 36.5 Å². The third kappa shape index (κ3) is 6.98. The highest BCUT2D eigenvalue weighted by atomic mass is 16.2. The van der Waals surface area contributed by atoms with Crippen molar-refractivity contribution in [2.24, 2.45) is 0 Å². The number of hydrogen-bond acceptors (Lipinski definition) is 5. The Hall–Kier alpha value is -2.97. The minimum Gasteiger partial charge on any atom is -0.347 e. The quantitative estimate of drug-likeness (QED) is 0.548. The van der Waals surface area contributed by atoms with Gasteiger partial charge in [0.15, 0.2) is 0 Å². The predicted molar refractivity (Wildman–Crippen MR) is 78.9 cm³/mol. The molecule has 9 heteroatoms. The monoisotopic (exact) mass is 307 g/mol. The molecule has 0 fully saturated rings. The van der Waals surface area contributed by atoms with Crippen LogP contribution in [0.5, 0.6) is 0 Å². The Balaban J connectivity index is 2.54. The number of anilines is 2. The summed E-state index contributed by atoms with van der Waals surface area (Å²) in [5.74, 6) is -1.06. The largest absolute Gasteiger partial charge is 0.347 e. The fourth-order valence-corrected chi connectivity index (χ4v) is 1.36. The molecule has 0 saturated heterocycles. The molecule has 0 aliphatic heterocycles. The first-order valence-corrected chi connectivity index (χ1v) is 6.42. The maximum absolute atomic E-state index is 11.5. The van der Waals surface area contributed by atoms with Crippen molar-refractivity contribution in [3.8, 4) is 0 Å². The van der Waals surface area contributed by atoms with Crippen LogP contribution in [-0.4, -0.2) is 41.7 Å². The molecule has 9 nitrogen and oxygen atoms in total. The molecule has 0 aromatic carbocycles. The van der Waals surface area contributed by atoms with Gasteiger partial charge in [-0.3, -0.25) is 19.2 Å². The van der Waals surface area contributed by atoms with E-state index in [1.54, 1.807) is 6.07 Å². The molecule has 0 aliphatic rings. The molecule has 0 bridgehead atoms. The Morgan fingerprint density at radius 1 is 0.864 bits per heavy atom. The zero-order valence-corrected chi connectivity index (χ0v) is 12.2. The molecule has 0 unspecified atom stereocenters. The van der Waals surface area contributed by atoms with Crippen molar-refractivity contribution in [3.05, 3.63) is 18.2 Å². The second kappa shape index (κ2) is 8.35. The SMILES string of the molecule is CC(=O)NCC(=O)Nc1cccc(NC(=O)CNC(C)=O)n1. The highest BCUT2D eigenvalue weighted by Crippen LogP contribution is 2.08. The second-order valence-corrected chi connectivity index (χ2v) is 4.32. The highest BCUT2D eigenvalue weighted by molar-refractivity contribution is 5.95. The number of nitrogens with zero attached hydrogens (tertiary/aromatic N) is 1. The number of hydrogen-bond donors (Lipinski definition) is 4. The molecule has 1 heterocycles. The van der Waals surface area contributed by atoms with Gasteiger partial charge in [-0.15, -0.1) is 0 Å². The molecule has 1 rings (SSSR count). The van der Waals surface area contributed by atoms with Gasteiger partial charge in [0.25, 0.3) is 0 Å². The van der Waals surface area contributed by atoms with Crippen molar-refractivity contribution in [2.45, 2.75) is 13.8 Å². The number of aromatic nitrogens is 1. The molecule has 22 heavy (non-hydrogen) atoms. The number of nitrogens with one attached hydrogen (secondary N) is 4. The van der Waals surface area contributed by atoms with Crippen LogP contribution in [0.2, 0.25) is 0 Å². The molecular weight excluding hydrogens is 290 g/mol. The first kappa shape index (κ1) is 17.1. The fraction of sp³-hybridized carbons (Fsp3) is 0.308. The van der Waals surface area contributed by atoms with Gasteiger partial charge in [-0.2, -0.15) is 0 Å². The van der Waals surface area contributed by atoms with E-state index in [0.29, 0.717) is 0 Å². The second-order valence-electron chi connectivity index (χ2n) is 4.32. The summed E-state index contributed by atoms with van der Waals surface area (Å²) >= 11 is 0. The van der Waals surface area contributed by atoms with E-state index in [2.05, 4.69) is 26.3 Å². The topological polar surface area (TPSA) is 129 Å². The third-order valence-electron chi connectivity index (χ3n) is 2.28. The Morgan fingerprint density at radius 3 is 1.64 bits per heavy atom. The maximum Gasteiger partial charge on any atom is 0.244 e. The zero-order valence-electron chi connectivity index (χ0n) is 12.2. The van der Waals surface area contributed by atoms with Crippen LogP contribution in [0, 0.1) is 0 Å². The molecule has 0 radical (unpaired) electrons. The van der Waals surface area contributed by atoms with E-state index >= 15 is 0 Å². The van der Waals surface area contributed by atoms with Gasteiger partial charge >= 0.3 is 0 Å². The van der Waals surface area contributed by atoms with Crippen molar-refractivity contribution in [3.63, 3.8) is 0 Å². The van der Waals surface area contributed by atoms with E-state index < -0.39 is 11.8 Å². The Kier molecular flexibility index (Phi) is 6.48. The normalized spacial score (nSPS) is 9.55. The summed E-state index contributed by atoms with van der Waals surface area (Å²) in [5, 5.41) is 9.65. The van der Waals surface area contributed by atoms with Crippen LogP contribution in [0.4, 0.5) is 11.6 Å². The molecule has 0 atom stereocenters. The Labute approximate surface area is 126 Å². The van der Waals surface area contributed by atoms with Gasteiger partial charge in [0.1, 0.15) is 11.6 Å². The summed E-state index contributed by atoms with van der Waals surface area (Å²) in [6.07, 6.45) is 0. The molecular formula is C13H17N5O4. The van der Waals surface area contributed by atoms with Crippen molar-refractivity contribution >= 4 is 35.3 Å². The maximum atomic E-state index is 11.5. The lowest BCUT2D eigenvalue weighted by Crippen LogP contribution is -2.32. The number of rotatable bonds is 6. The summed E-state index contributed by atoms with van der Waals surface area (Å²) in [6.45, 7) is 2.26. The molecule has 1 aromatic heterocycles. The molecule has 1 aromatic rings. The van der Waals surface area contributed by atoms with Gasteiger partial charge in [0.2, 0.25) is 23.6 Å². The lowest BCUT2D eigenvalue weighted by Gasteiger charge is -2.08. The number of carbonyl (C=O) groups excluding carboxylic acids is 4. The summed E-state index contributed by atoms with van der Waals surface area (Å²) in [6, 6.07) is 4.67. The first-order chi connectivity index (χ1) is 10.4. The van der Waals surface area contributed by atoms with Gasteiger partial charge in [-0.25, -0.2) is 4.98 Å². The van der Waals surface area contributed by atoms with E-state index in [9.17, 15) is 19.2 Å². The number of pyridine rings is 1. The number of amides is 4. The summed E-state index contributed by atoms with van der Waals surface area (Å²) in [7, 11) is 0. The van der Waals surface area contributed by atoms with Crippen LogP contribution in [0.1, 0.15) is 13.8 Å². The minimum atomic E-state index is -0.440. The van der Waals surface area contributed by atoms with Crippen LogP contribution >= 0.6 is 0 Å². The first-order valence-electron chi connectivity index (χ1n) is 6.42. The molecule has 4 N–H and O–H groups in total. The third-order valence-corrected chi connectivity index (χ3v) is 2.28. The summed E-state index contributed by atoms with van der Waals surface area (Å²) in [5.41, 5.74) is 0. The Bertz CT molecular complexity index is 540. The van der Waals surface area contributed by atoms with E-state index in [1.807, 2.05) is 0 Å². The highest BCUT2D eigenvalue weighted by Gasteiger charge is 2.07. The van der Waals surface area contributed by atoms with Crippen molar-refractivity contribution in [1.29, 1.82) is 0 Å². The van der Waals surface area contributed by atoms with E-state index in [1.165, 1.54) is 26.0 Å². The molecule has 118 valence electrons. The summed E-state index contributed by atoms with van der Waals surface area (Å²) in [4.78, 5) is 48.5. The van der Waals surface area contributed by atoms with Gasteiger partial charge in [-0.1, -0.05) is 6.07 Å². The predicted octanol–water partition coefficient (Wildman–Crippen LogP) is -0.769. The van der Waals surface area contributed by atoms with Crippen molar-refractivity contribution in [1.82, 2.24) is 15.6 Å². The van der Waals surface area contributed by atoms with Gasteiger partial charge in [-0.05, 0) is 12.1 Å². The zero-order chi connectivity index (χ0) is 16.5. The van der Waals surface area contributed by atoms with Crippen LogP contribution in [0.15, 0.2) is 18.2 Å². The van der Waals surface area contributed by atoms with Crippen molar-refractivity contribution < 1.29 is 19.2 Å². The van der Waals surface area contributed by atoms with Gasteiger partial charge in [0, 0.05) is 13.8 Å². The number of carbonyl (C=O) groups is 4. The van der Waals surface area contributed by atoms with Crippen molar-refractivity contribution in [2.75, 3.05) is 23.7 Å². The lowest BCUT2D eigenvalue weighted by molar-refractivity contribution is -0.122. The van der Waals surface area contributed by atoms with Crippen LogP contribution in [-0.2, 0) is 19.2 Å². The smallest absolute Gasteiger partial charge is 0.244 e. The fourth-order valence-electron chi connectivity index (χ4n) is 1.36. The Morgan fingerprint density at radius 2 is 1.27 bits per heavy atom. The van der Waals surface area contributed by atoms with E-state index in [4.69, 9.17) is 0 Å². The molecule has 0 saturated carbocycles.